The SMILES string of the molecule is CC(N)c1ccccc1OCC#N. The fourth-order valence-electron chi connectivity index (χ4n) is 1.10. The molecule has 13 heavy (non-hydrogen) atoms. The van der Waals surface area contributed by atoms with Gasteiger partial charge in [0.2, 0.25) is 0 Å². The summed E-state index contributed by atoms with van der Waals surface area (Å²) < 4.78 is 5.21. The van der Waals surface area contributed by atoms with Gasteiger partial charge in [-0.1, -0.05) is 18.2 Å². The summed E-state index contributed by atoms with van der Waals surface area (Å²) in [7, 11) is 0. The molecule has 0 saturated heterocycles. The van der Waals surface area contributed by atoms with Crippen LogP contribution in [0.25, 0.3) is 0 Å². The molecule has 0 heterocycles. The molecule has 0 aliphatic heterocycles. The van der Waals surface area contributed by atoms with Crippen LogP contribution in [0.4, 0.5) is 0 Å². The van der Waals surface area contributed by atoms with Gasteiger partial charge < -0.3 is 10.5 Å². The molecular formula is C10H12N2O. The highest BCUT2D eigenvalue weighted by atomic mass is 16.5. The molecule has 0 amide bonds. The summed E-state index contributed by atoms with van der Waals surface area (Å²) in [6, 6.07) is 9.32. The number of para-hydroxylation sites is 1. The molecular weight excluding hydrogens is 164 g/mol. The second kappa shape index (κ2) is 4.48. The van der Waals surface area contributed by atoms with Gasteiger partial charge >= 0.3 is 0 Å². The van der Waals surface area contributed by atoms with Gasteiger partial charge in [0, 0.05) is 11.6 Å². The molecule has 1 atom stereocenters. The highest BCUT2D eigenvalue weighted by molar-refractivity contribution is 5.35. The minimum Gasteiger partial charge on any atom is -0.478 e. The van der Waals surface area contributed by atoms with Gasteiger partial charge in [-0.05, 0) is 13.0 Å². The van der Waals surface area contributed by atoms with E-state index in [9.17, 15) is 0 Å². The standard InChI is InChI=1S/C10H12N2O/c1-8(12)9-4-2-3-5-10(9)13-7-6-11/h2-5,8H,7,12H2,1H3. The second-order valence-corrected chi connectivity index (χ2v) is 2.77. The van der Waals surface area contributed by atoms with E-state index >= 15 is 0 Å². The average Bonchev–Trinajstić information content (AvgIpc) is 2.15. The van der Waals surface area contributed by atoms with Crippen molar-refractivity contribution in [2.45, 2.75) is 13.0 Å². The van der Waals surface area contributed by atoms with Crippen LogP contribution in [0.5, 0.6) is 5.75 Å². The van der Waals surface area contributed by atoms with E-state index < -0.39 is 0 Å². The fourth-order valence-corrected chi connectivity index (χ4v) is 1.10. The van der Waals surface area contributed by atoms with Crippen LogP contribution in [0.15, 0.2) is 24.3 Å². The van der Waals surface area contributed by atoms with Crippen molar-refractivity contribution in [2.24, 2.45) is 5.73 Å². The van der Waals surface area contributed by atoms with Crippen molar-refractivity contribution in [1.82, 2.24) is 0 Å². The third-order valence-electron chi connectivity index (χ3n) is 1.70. The molecule has 68 valence electrons. The predicted octanol–water partition coefficient (Wildman–Crippen LogP) is 1.61. The van der Waals surface area contributed by atoms with Gasteiger partial charge in [-0.15, -0.1) is 0 Å². The Labute approximate surface area is 77.7 Å². The Hall–Kier alpha value is -1.53. The normalized spacial score (nSPS) is 11.8. The van der Waals surface area contributed by atoms with Crippen LogP contribution in [-0.2, 0) is 0 Å². The summed E-state index contributed by atoms with van der Waals surface area (Å²) in [5, 5.41) is 8.35. The van der Waals surface area contributed by atoms with Crippen molar-refractivity contribution in [2.75, 3.05) is 6.61 Å². The van der Waals surface area contributed by atoms with Crippen LogP contribution in [-0.4, -0.2) is 6.61 Å². The van der Waals surface area contributed by atoms with Crippen LogP contribution >= 0.6 is 0 Å². The van der Waals surface area contributed by atoms with E-state index in [0.717, 1.165) is 5.56 Å². The highest BCUT2D eigenvalue weighted by Crippen LogP contribution is 2.22. The lowest BCUT2D eigenvalue weighted by Gasteiger charge is -2.11. The Morgan fingerprint density at radius 3 is 2.85 bits per heavy atom. The van der Waals surface area contributed by atoms with Crippen LogP contribution in [0.3, 0.4) is 0 Å². The van der Waals surface area contributed by atoms with Crippen molar-refractivity contribution in [3.05, 3.63) is 29.8 Å². The van der Waals surface area contributed by atoms with Crippen molar-refractivity contribution >= 4 is 0 Å². The molecule has 0 aliphatic carbocycles. The van der Waals surface area contributed by atoms with E-state index in [-0.39, 0.29) is 12.6 Å². The maximum atomic E-state index is 8.35. The zero-order chi connectivity index (χ0) is 9.68. The minimum absolute atomic E-state index is 0.0593. The van der Waals surface area contributed by atoms with Crippen LogP contribution in [0.1, 0.15) is 18.5 Å². The van der Waals surface area contributed by atoms with Crippen LogP contribution < -0.4 is 10.5 Å². The van der Waals surface area contributed by atoms with E-state index in [1.165, 1.54) is 0 Å². The number of nitriles is 1. The first-order valence-electron chi connectivity index (χ1n) is 4.10. The second-order valence-electron chi connectivity index (χ2n) is 2.77. The van der Waals surface area contributed by atoms with E-state index in [1.54, 1.807) is 0 Å². The zero-order valence-electron chi connectivity index (χ0n) is 7.53. The first kappa shape index (κ1) is 9.56. The quantitative estimate of drug-likeness (QED) is 0.761. The van der Waals surface area contributed by atoms with Gasteiger partial charge in [-0.25, -0.2) is 0 Å². The number of ether oxygens (including phenoxy) is 1. The summed E-state index contributed by atoms with van der Waals surface area (Å²) in [6.45, 7) is 1.94. The van der Waals surface area contributed by atoms with E-state index in [4.69, 9.17) is 15.7 Å². The van der Waals surface area contributed by atoms with Crippen molar-refractivity contribution < 1.29 is 4.74 Å². The zero-order valence-corrected chi connectivity index (χ0v) is 7.53. The van der Waals surface area contributed by atoms with Crippen molar-refractivity contribution in [1.29, 1.82) is 5.26 Å². The monoisotopic (exact) mass is 176 g/mol. The molecule has 1 rings (SSSR count). The Balaban J connectivity index is 2.86. The van der Waals surface area contributed by atoms with Gasteiger partial charge in [0.05, 0.1) is 0 Å². The molecule has 0 bridgehead atoms. The predicted molar refractivity (Wildman–Crippen MR) is 50.2 cm³/mol. The van der Waals surface area contributed by atoms with Gasteiger partial charge in [-0.3, -0.25) is 0 Å². The lowest BCUT2D eigenvalue weighted by Crippen LogP contribution is -2.07. The first-order valence-corrected chi connectivity index (χ1v) is 4.10. The van der Waals surface area contributed by atoms with E-state index in [1.807, 2.05) is 37.3 Å². The average molecular weight is 176 g/mol. The molecule has 1 unspecified atom stereocenters. The largest absolute Gasteiger partial charge is 0.478 e. The van der Waals surface area contributed by atoms with Gasteiger partial charge in [0.1, 0.15) is 11.8 Å². The number of benzene rings is 1. The maximum absolute atomic E-state index is 8.35. The highest BCUT2D eigenvalue weighted by Gasteiger charge is 2.05. The number of hydrogen-bond acceptors (Lipinski definition) is 3. The Morgan fingerprint density at radius 1 is 1.54 bits per heavy atom. The number of hydrogen-bond donors (Lipinski definition) is 1. The lowest BCUT2D eigenvalue weighted by atomic mass is 10.1. The van der Waals surface area contributed by atoms with E-state index in [2.05, 4.69) is 0 Å². The molecule has 3 nitrogen and oxygen atoms in total. The Morgan fingerprint density at radius 2 is 2.23 bits per heavy atom. The molecule has 2 N–H and O–H groups in total. The summed E-state index contributed by atoms with van der Waals surface area (Å²) in [6.07, 6.45) is 0. The summed E-state index contributed by atoms with van der Waals surface area (Å²) in [5.74, 6) is 0.694. The molecule has 0 fully saturated rings. The molecule has 0 aromatic heterocycles. The molecule has 1 aromatic carbocycles. The van der Waals surface area contributed by atoms with E-state index in [0.29, 0.717) is 5.75 Å². The molecule has 0 spiro atoms. The Kier molecular flexibility index (Phi) is 3.30. The minimum atomic E-state index is -0.0742. The van der Waals surface area contributed by atoms with Gasteiger partial charge in [0.15, 0.2) is 6.61 Å². The first-order chi connectivity index (χ1) is 6.25. The summed E-state index contributed by atoms with van der Waals surface area (Å²) in [4.78, 5) is 0. The molecule has 0 radical (unpaired) electrons. The maximum Gasteiger partial charge on any atom is 0.174 e. The van der Waals surface area contributed by atoms with Crippen molar-refractivity contribution in [3.63, 3.8) is 0 Å². The van der Waals surface area contributed by atoms with Crippen LogP contribution in [0, 0.1) is 11.3 Å². The Bertz CT molecular complexity index is 315. The summed E-state index contributed by atoms with van der Waals surface area (Å²) in [5.41, 5.74) is 6.65. The van der Waals surface area contributed by atoms with Gasteiger partial charge in [-0.2, -0.15) is 5.26 Å². The molecule has 1 aromatic rings. The number of nitrogens with two attached hydrogens (primary N) is 1. The molecule has 3 heteroatoms. The third-order valence-corrected chi connectivity index (χ3v) is 1.70. The van der Waals surface area contributed by atoms with Gasteiger partial charge in [0.25, 0.3) is 0 Å². The fraction of sp³-hybridized carbons (Fsp3) is 0.300. The molecule has 0 aliphatic rings. The smallest absolute Gasteiger partial charge is 0.174 e. The lowest BCUT2D eigenvalue weighted by molar-refractivity contribution is 0.362. The topological polar surface area (TPSA) is 59.0 Å². The number of nitrogens with zero attached hydrogens (tertiary/aromatic N) is 1. The summed E-state index contributed by atoms with van der Waals surface area (Å²) >= 11 is 0. The third kappa shape index (κ3) is 2.46. The molecule has 0 saturated carbocycles. The number of rotatable bonds is 3. The van der Waals surface area contributed by atoms with Crippen molar-refractivity contribution in [3.8, 4) is 11.8 Å². The van der Waals surface area contributed by atoms with Crippen LogP contribution in [0.2, 0.25) is 0 Å².